The lowest BCUT2D eigenvalue weighted by Gasteiger charge is -2.06. The Hall–Kier alpha value is -1.73. The average Bonchev–Trinajstić information content (AvgIpc) is 2.90. The molecule has 0 aliphatic rings. The summed E-state index contributed by atoms with van der Waals surface area (Å²) in [6.07, 6.45) is 0. The molecule has 7 heteroatoms. The first-order chi connectivity index (χ1) is 9.09. The maximum atomic E-state index is 11.7. The monoisotopic (exact) mass is 341 g/mol. The molecule has 0 spiro atoms. The van der Waals surface area contributed by atoms with Gasteiger partial charge < -0.3 is 4.74 Å². The quantitative estimate of drug-likeness (QED) is 0.472. The van der Waals surface area contributed by atoms with Crippen molar-refractivity contribution in [2.24, 2.45) is 0 Å². The number of benzene rings is 1. The van der Waals surface area contributed by atoms with Crippen LogP contribution >= 0.6 is 27.3 Å². The summed E-state index contributed by atoms with van der Waals surface area (Å²) in [5.74, 6) is 0.118. The minimum atomic E-state index is -0.516. The molecule has 0 fully saturated rings. The van der Waals surface area contributed by atoms with Gasteiger partial charge in [-0.2, -0.15) is 0 Å². The molecule has 0 bridgehead atoms. The molecule has 0 radical (unpaired) electrons. The molecule has 0 unspecified atom stereocenters. The number of ether oxygens (including phenoxy) is 1. The molecule has 2 rings (SSSR count). The summed E-state index contributed by atoms with van der Waals surface area (Å²) in [4.78, 5) is 22.6. The van der Waals surface area contributed by atoms with Gasteiger partial charge in [0.05, 0.1) is 9.80 Å². The molecule has 0 amide bonds. The number of halogens is 1. The van der Waals surface area contributed by atoms with Gasteiger partial charge in [0.25, 0.3) is 5.69 Å². The van der Waals surface area contributed by atoms with Gasteiger partial charge in [-0.25, -0.2) is 0 Å². The van der Waals surface area contributed by atoms with E-state index >= 15 is 0 Å². The van der Waals surface area contributed by atoms with Crippen molar-refractivity contribution in [1.82, 2.24) is 0 Å². The Bertz CT molecular complexity index is 612. The zero-order valence-corrected chi connectivity index (χ0v) is 11.9. The van der Waals surface area contributed by atoms with Crippen LogP contribution in [0.1, 0.15) is 9.67 Å². The number of ketones is 1. The minimum absolute atomic E-state index is 0.0962. The number of hydrogen-bond acceptors (Lipinski definition) is 5. The number of carbonyl (C=O) groups excluding carboxylic acids is 1. The van der Waals surface area contributed by atoms with Gasteiger partial charge in [-0.1, -0.05) is 12.1 Å². The molecule has 0 atom stereocenters. The first-order valence-electron chi connectivity index (χ1n) is 5.22. The fourth-order valence-electron chi connectivity index (χ4n) is 1.40. The van der Waals surface area contributed by atoms with E-state index < -0.39 is 4.92 Å². The van der Waals surface area contributed by atoms with E-state index in [0.29, 0.717) is 4.88 Å². The van der Waals surface area contributed by atoms with E-state index in [4.69, 9.17) is 4.74 Å². The minimum Gasteiger partial charge on any atom is -0.484 e. The molecule has 5 nitrogen and oxygen atoms in total. The Morgan fingerprint density at radius 1 is 1.37 bits per heavy atom. The molecule has 0 saturated heterocycles. The highest BCUT2D eigenvalue weighted by atomic mass is 79.9. The molecular formula is C12H8BrNO4S. The zero-order valence-electron chi connectivity index (χ0n) is 9.54. The summed E-state index contributed by atoms with van der Waals surface area (Å²) < 4.78 is 5.55. The van der Waals surface area contributed by atoms with Crippen LogP contribution < -0.4 is 4.74 Å². The van der Waals surface area contributed by atoms with Gasteiger partial charge >= 0.3 is 0 Å². The SMILES string of the molecule is O=C(COc1cccc([N+](=O)[O-])c1Br)c1cccs1. The van der Waals surface area contributed by atoms with Gasteiger partial charge in [0.15, 0.2) is 6.61 Å². The van der Waals surface area contributed by atoms with E-state index in [1.807, 2.05) is 0 Å². The van der Waals surface area contributed by atoms with Crippen LogP contribution in [0.25, 0.3) is 0 Å². The summed E-state index contributed by atoms with van der Waals surface area (Å²) in [6.45, 7) is -0.152. The fraction of sp³-hybridized carbons (Fsp3) is 0.0833. The molecule has 19 heavy (non-hydrogen) atoms. The molecule has 0 aliphatic carbocycles. The number of thiophene rings is 1. The van der Waals surface area contributed by atoms with Gasteiger partial charge in [-0.05, 0) is 33.4 Å². The Morgan fingerprint density at radius 2 is 2.16 bits per heavy atom. The largest absolute Gasteiger partial charge is 0.484 e. The van der Waals surface area contributed by atoms with Crippen molar-refractivity contribution in [3.63, 3.8) is 0 Å². The van der Waals surface area contributed by atoms with Crippen molar-refractivity contribution in [2.45, 2.75) is 0 Å². The van der Waals surface area contributed by atoms with Crippen LogP contribution in [0, 0.1) is 10.1 Å². The first-order valence-corrected chi connectivity index (χ1v) is 6.89. The van der Waals surface area contributed by atoms with Crippen molar-refractivity contribution in [3.8, 4) is 5.75 Å². The van der Waals surface area contributed by atoms with Crippen molar-refractivity contribution in [1.29, 1.82) is 0 Å². The molecule has 0 saturated carbocycles. The van der Waals surface area contributed by atoms with Crippen molar-refractivity contribution < 1.29 is 14.5 Å². The lowest BCUT2D eigenvalue weighted by Crippen LogP contribution is -2.10. The summed E-state index contributed by atoms with van der Waals surface area (Å²) in [6, 6.07) is 7.92. The normalized spacial score (nSPS) is 10.2. The van der Waals surface area contributed by atoms with E-state index in [2.05, 4.69) is 15.9 Å². The number of rotatable bonds is 5. The molecule has 0 aliphatic heterocycles. The molecule has 98 valence electrons. The Balaban J connectivity index is 2.10. The van der Waals surface area contributed by atoms with Gasteiger partial charge in [-0.15, -0.1) is 11.3 Å². The summed E-state index contributed by atoms with van der Waals surface area (Å²) in [7, 11) is 0. The Labute approximate surface area is 121 Å². The van der Waals surface area contributed by atoms with E-state index in [0.717, 1.165) is 0 Å². The fourth-order valence-corrected chi connectivity index (χ4v) is 2.58. The average molecular weight is 342 g/mol. The topological polar surface area (TPSA) is 69.4 Å². The van der Waals surface area contributed by atoms with Crippen LogP contribution in [-0.2, 0) is 0 Å². The van der Waals surface area contributed by atoms with Crippen molar-refractivity contribution in [2.75, 3.05) is 6.61 Å². The van der Waals surface area contributed by atoms with Crippen LogP contribution in [0.3, 0.4) is 0 Å². The second kappa shape index (κ2) is 5.94. The molecule has 1 aromatic carbocycles. The lowest BCUT2D eigenvalue weighted by atomic mass is 10.3. The summed E-state index contributed by atoms with van der Waals surface area (Å²) in [5, 5.41) is 12.6. The Kier molecular flexibility index (Phi) is 4.28. The van der Waals surface area contributed by atoms with Gasteiger partial charge in [0, 0.05) is 6.07 Å². The van der Waals surface area contributed by atoms with E-state index in [1.165, 1.54) is 23.5 Å². The zero-order chi connectivity index (χ0) is 13.8. The van der Waals surface area contributed by atoms with E-state index in [9.17, 15) is 14.9 Å². The number of hydrogen-bond donors (Lipinski definition) is 0. The second-order valence-electron chi connectivity index (χ2n) is 3.54. The summed E-state index contributed by atoms with van der Waals surface area (Å²) in [5.41, 5.74) is -0.0962. The smallest absolute Gasteiger partial charge is 0.287 e. The van der Waals surface area contributed by atoms with Crippen molar-refractivity contribution >= 4 is 38.7 Å². The molecular weight excluding hydrogens is 334 g/mol. The predicted octanol–water partition coefficient (Wildman–Crippen LogP) is 3.68. The number of nitro benzene ring substituents is 1. The van der Waals surface area contributed by atoms with Crippen LogP contribution in [-0.4, -0.2) is 17.3 Å². The van der Waals surface area contributed by atoms with Crippen LogP contribution in [0.5, 0.6) is 5.75 Å². The van der Waals surface area contributed by atoms with Crippen LogP contribution in [0.2, 0.25) is 0 Å². The molecule has 2 aromatic rings. The number of Topliss-reactive ketones (excluding diaryl/α,β-unsaturated/α-hetero) is 1. The lowest BCUT2D eigenvalue weighted by molar-refractivity contribution is -0.385. The molecule has 1 aromatic heterocycles. The third-order valence-corrected chi connectivity index (χ3v) is 4.00. The maximum Gasteiger partial charge on any atom is 0.287 e. The first kappa shape index (κ1) is 13.7. The van der Waals surface area contributed by atoms with Gasteiger partial charge in [-0.3, -0.25) is 14.9 Å². The van der Waals surface area contributed by atoms with Gasteiger partial charge in [0.2, 0.25) is 5.78 Å². The standard InChI is InChI=1S/C12H8BrNO4S/c13-12-8(14(16)17)3-1-4-10(12)18-7-9(15)11-5-2-6-19-11/h1-6H,7H2. The van der Waals surface area contributed by atoms with Gasteiger partial charge in [0.1, 0.15) is 10.2 Å². The van der Waals surface area contributed by atoms with Crippen LogP contribution in [0.15, 0.2) is 40.2 Å². The number of nitro groups is 1. The number of carbonyl (C=O) groups is 1. The predicted molar refractivity (Wildman–Crippen MR) is 74.9 cm³/mol. The molecule has 0 N–H and O–H groups in total. The summed E-state index contributed by atoms with van der Waals surface area (Å²) >= 11 is 4.43. The highest BCUT2D eigenvalue weighted by Crippen LogP contribution is 2.33. The number of nitrogens with zero attached hydrogens (tertiary/aromatic N) is 1. The third kappa shape index (κ3) is 3.18. The Morgan fingerprint density at radius 3 is 2.79 bits per heavy atom. The van der Waals surface area contributed by atoms with E-state index in [1.54, 1.807) is 23.6 Å². The maximum absolute atomic E-state index is 11.7. The van der Waals surface area contributed by atoms with E-state index in [-0.39, 0.29) is 28.3 Å². The highest BCUT2D eigenvalue weighted by Gasteiger charge is 2.17. The molecule has 1 heterocycles. The van der Waals surface area contributed by atoms with Crippen LogP contribution in [0.4, 0.5) is 5.69 Å². The highest BCUT2D eigenvalue weighted by molar-refractivity contribution is 9.10. The second-order valence-corrected chi connectivity index (χ2v) is 5.28. The van der Waals surface area contributed by atoms with Crippen molar-refractivity contribution in [3.05, 3.63) is 55.2 Å². The third-order valence-electron chi connectivity index (χ3n) is 2.29.